The number of carbonyl (C=O) groups is 1. The summed E-state index contributed by atoms with van der Waals surface area (Å²) in [5.74, 6) is -0.773. The molecule has 2 N–H and O–H groups in total. The molecule has 0 saturated heterocycles. The molecule has 1 unspecified atom stereocenters. The maximum absolute atomic E-state index is 12.1. The van der Waals surface area contributed by atoms with E-state index in [1.54, 1.807) is 0 Å². The monoisotopic (exact) mass is 290 g/mol. The van der Waals surface area contributed by atoms with Crippen LogP contribution in [-0.4, -0.2) is 42.2 Å². The van der Waals surface area contributed by atoms with Gasteiger partial charge in [-0.15, -0.1) is 0 Å². The van der Waals surface area contributed by atoms with Crippen LogP contribution in [0.2, 0.25) is 0 Å². The minimum atomic E-state index is -0.968. The van der Waals surface area contributed by atoms with Gasteiger partial charge >= 0.3 is 5.97 Å². The first kappa shape index (κ1) is 16.0. The van der Waals surface area contributed by atoms with Gasteiger partial charge < -0.3 is 10.0 Å². The number of hydrogen-bond acceptors (Lipinski definition) is 3. The maximum atomic E-state index is 12.1. The van der Waals surface area contributed by atoms with Gasteiger partial charge in [-0.25, -0.2) is 4.79 Å². The molecule has 116 valence electrons. The number of rotatable bonds is 9. The molecule has 1 fully saturated rings. The molecule has 1 saturated carbocycles. The van der Waals surface area contributed by atoms with Crippen LogP contribution in [0.15, 0.2) is 30.3 Å². The summed E-state index contributed by atoms with van der Waals surface area (Å²) in [5.41, 5.74) is -0.112. The summed E-state index contributed by atoms with van der Waals surface area (Å²) >= 11 is 0. The van der Waals surface area contributed by atoms with E-state index in [0.717, 1.165) is 37.9 Å². The summed E-state index contributed by atoms with van der Waals surface area (Å²) in [6, 6.07) is 9.94. The molecular weight excluding hydrogens is 264 g/mol. The topological polar surface area (TPSA) is 52.6 Å². The highest BCUT2D eigenvalue weighted by molar-refractivity contribution is 5.81. The molecule has 21 heavy (non-hydrogen) atoms. The highest BCUT2D eigenvalue weighted by atomic mass is 16.4. The summed E-state index contributed by atoms with van der Waals surface area (Å²) in [5, 5.41) is 13.3. The second-order valence-corrected chi connectivity index (χ2v) is 6.05. The van der Waals surface area contributed by atoms with Crippen molar-refractivity contribution in [3.05, 3.63) is 35.9 Å². The molecule has 0 bridgehead atoms. The molecule has 0 spiro atoms. The zero-order valence-corrected chi connectivity index (χ0v) is 13.0. The number of hydrogen-bond donors (Lipinski definition) is 2. The van der Waals surface area contributed by atoms with E-state index in [1.165, 1.54) is 0 Å². The van der Waals surface area contributed by atoms with E-state index in [9.17, 15) is 9.90 Å². The molecule has 1 atom stereocenters. The Morgan fingerprint density at radius 2 is 2.00 bits per heavy atom. The van der Waals surface area contributed by atoms with Gasteiger partial charge in [0.1, 0.15) is 5.54 Å². The van der Waals surface area contributed by atoms with Crippen LogP contribution in [0.5, 0.6) is 0 Å². The highest BCUT2D eigenvalue weighted by Gasteiger charge is 2.43. The molecule has 0 aliphatic heterocycles. The van der Waals surface area contributed by atoms with Gasteiger partial charge in [0, 0.05) is 12.6 Å². The van der Waals surface area contributed by atoms with E-state index in [2.05, 4.69) is 24.2 Å². The van der Waals surface area contributed by atoms with Gasteiger partial charge in [-0.2, -0.15) is 0 Å². The van der Waals surface area contributed by atoms with Gasteiger partial charge in [-0.3, -0.25) is 5.32 Å². The van der Waals surface area contributed by atoms with Gasteiger partial charge in [0.05, 0.1) is 0 Å². The van der Waals surface area contributed by atoms with Crippen molar-refractivity contribution in [2.75, 3.05) is 20.1 Å². The molecule has 0 radical (unpaired) electrons. The lowest BCUT2D eigenvalue weighted by molar-refractivity contribution is -0.146. The first-order valence-electron chi connectivity index (χ1n) is 7.83. The lowest BCUT2D eigenvalue weighted by Gasteiger charge is -2.33. The maximum Gasteiger partial charge on any atom is 0.328 e. The summed E-state index contributed by atoms with van der Waals surface area (Å²) < 4.78 is 0. The fourth-order valence-corrected chi connectivity index (χ4v) is 2.74. The smallest absolute Gasteiger partial charge is 0.328 e. The summed E-state index contributed by atoms with van der Waals surface area (Å²) in [6.45, 7) is 3.91. The predicted octanol–water partition coefficient (Wildman–Crippen LogP) is 2.45. The number of carboxylic acid groups (broad SMARTS) is 1. The van der Waals surface area contributed by atoms with Gasteiger partial charge in [0.2, 0.25) is 0 Å². The van der Waals surface area contributed by atoms with Crippen LogP contribution in [0.3, 0.4) is 0 Å². The van der Waals surface area contributed by atoms with Crippen LogP contribution in [-0.2, 0) is 10.3 Å². The van der Waals surface area contributed by atoms with Crippen LogP contribution in [0.1, 0.15) is 38.2 Å². The van der Waals surface area contributed by atoms with Crippen LogP contribution in [0, 0.1) is 0 Å². The third-order valence-corrected chi connectivity index (χ3v) is 4.13. The number of benzene rings is 1. The second kappa shape index (κ2) is 7.05. The lowest BCUT2D eigenvalue weighted by atomic mass is 9.86. The van der Waals surface area contributed by atoms with E-state index >= 15 is 0 Å². The number of nitrogens with one attached hydrogen (secondary N) is 1. The summed E-state index contributed by atoms with van der Waals surface area (Å²) in [6.07, 6.45) is 3.82. The Kier molecular flexibility index (Phi) is 5.37. The minimum absolute atomic E-state index is 0.345. The Morgan fingerprint density at radius 3 is 2.52 bits per heavy atom. The van der Waals surface area contributed by atoms with Crippen LogP contribution >= 0.6 is 0 Å². The van der Waals surface area contributed by atoms with Crippen molar-refractivity contribution in [2.24, 2.45) is 0 Å². The molecule has 0 amide bonds. The average molecular weight is 290 g/mol. The van der Waals surface area contributed by atoms with Crippen LogP contribution < -0.4 is 5.32 Å². The molecule has 0 aromatic heterocycles. The van der Waals surface area contributed by atoms with Gasteiger partial charge in [0.25, 0.3) is 0 Å². The lowest BCUT2D eigenvalue weighted by Crippen LogP contribution is -2.52. The predicted molar refractivity (Wildman–Crippen MR) is 84.3 cm³/mol. The zero-order chi connectivity index (χ0) is 15.3. The second-order valence-electron chi connectivity index (χ2n) is 6.05. The molecule has 1 aromatic carbocycles. The fraction of sp³-hybridized carbons (Fsp3) is 0.588. The molecule has 1 aromatic rings. The van der Waals surface area contributed by atoms with Gasteiger partial charge in [-0.05, 0) is 44.8 Å². The molecule has 0 heterocycles. The van der Waals surface area contributed by atoms with Crippen molar-refractivity contribution in [1.82, 2.24) is 10.2 Å². The van der Waals surface area contributed by atoms with Crippen molar-refractivity contribution in [3.63, 3.8) is 0 Å². The summed E-state index contributed by atoms with van der Waals surface area (Å²) in [4.78, 5) is 14.3. The Morgan fingerprint density at radius 1 is 1.33 bits per heavy atom. The normalized spacial score (nSPS) is 17.7. The first-order chi connectivity index (χ1) is 10.1. The van der Waals surface area contributed by atoms with Crippen LogP contribution in [0.4, 0.5) is 0 Å². The number of aliphatic carboxylic acids is 1. The number of carboxylic acids is 1. The van der Waals surface area contributed by atoms with Gasteiger partial charge in [-0.1, -0.05) is 37.3 Å². The van der Waals surface area contributed by atoms with E-state index in [4.69, 9.17) is 0 Å². The fourth-order valence-electron chi connectivity index (χ4n) is 2.74. The SMILES string of the molecule is CCCN(C)CCC(NC1CC1)(C(=O)O)c1ccccc1. The molecule has 2 rings (SSSR count). The minimum Gasteiger partial charge on any atom is -0.480 e. The van der Waals surface area contributed by atoms with E-state index in [-0.39, 0.29) is 0 Å². The Labute approximate surface area is 127 Å². The quantitative estimate of drug-likeness (QED) is 0.733. The molecule has 1 aliphatic rings. The number of nitrogens with zero attached hydrogens (tertiary/aromatic N) is 1. The van der Waals surface area contributed by atoms with E-state index < -0.39 is 11.5 Å². The van der Waals surface area contributed by atoms with Gasteiger partial charge in [0.15, 0.2) is 0 Å². The van der Waals surface area contributed by atoms with Crippen LogP contribution in [0.25, 0.3) is 0 Å². The van der Waals surface area contributed by atoms with Crippen molar-refractivity contribution >= 4 is 5.97 Å². The standard InChI is InChI=1S/C17H26N2O2/c1-3-12-19(2)13-11-17(16(20)21,18-15-9-10-15)14-7-5-4-6-8-14/h4-8,15,18H,3,9-13H2,1-2H3,(H,20,21). The molecule has 1 aliphatic carbocycles. The van der Waals surface area contributed by atoms with Crippen molar-refractivity contribution in [2.45, 2.75) is 44.2 Å². The molecular formula is C17H26N2O2. The Bertz CT molecular complexity index is 459. The Balaban J connectivity index is 2.20. The largest absolute Gasteiger partial charge is 0.480 e. The highest BCUT2D eigenvalue weighted by Crippen LogP contribution is 2.32. The van der Waals surface area contributed by atoms with E-state index in [0.29, 0.717) is 12.5 Å². The van der Waals surface area contributed by atoms with E-state index in [1.807, 2.05) is 30.3 Å². The summed E-state index contributed by atoms with van der Waals surface area (Å²) in [7, 11) is 2.05. The zero-order valence-electron chi connectivity index (χ0n) is 13.0. The molecule has 4 nitrogen and oxygen atoms in total. The Hall–Kier alpha value is -1.39. The third-order valence-electron chi connectivity index (χ3n) is 4.13. The van der Waals surface area contributed by atoms with Crippen molar-refractivity contribution < 1.29 is 9.90 Å². The van der Waals surface area contributed by atoms with Crippen molar-refractivity contribution in [3.8, 4) is 0 Å². The first-order valence-corrected chi connectivity index (χ1v) is 7.83. The third kappa shape index (κ3) is 4.05. The average Bonchev–Trinajstić information content (AvgIpc) is 3.28. The van der Waals surface area contributed by atoms with Crippen molar-refractivity contribution in [1.29, 1.82) is 0 Å². The molecule has 4 heteroatoms.